The van der Waals surface area contributed by atoms with Gasteiger partial charge in [-0.15, -0.1) is 0 Å². The molecule has 30 heavy (non-hydrogen) atoms. The smallest absolute Gasteiger partial charge is 0.130 e. The van der Waals surface area contributed by atoms with Crippen LogP contribution >= 0.6 is 0 Å². The first-order chi connectivity index (χ1) is 14.7. The van der Waals surface area contributed by atoms with Crippen LogP contribution in [-0.2, 0) is 12.8 Å². The fourth-order valence-electron chi connectivity index (χ4n) is 6.81. The van der Waals surface area contributed by atoms with Gasteiger partial charge in [0.2, 0.25) is 0 Å². The maximum absolute atomic E-state index is 15.6. The Hall–Kier alpha value is -1.18. The van der Waals surface area contributed by atoms with Crippen molar-refractivity contribution in [2.24, 2.45) is 23.7 Å². The third kappa shape index (κ3) is 5.00. The molecular formula is C28H40F2. The third-order valence-corrected chi connectivity index (χ3v) is 8.59. The molecular weight excluding hydrogens is 374 g/mol. The minimum Gasteiger partial charge on any atom is -0.216 e. The standard InChI is InChI=1S/C28H40F2/c1-2-3-4-5-6-20-8-13-26-24(18-20)12-14-27(28(26)30)25-11-10-22-17-21(15-16-29)7-9-23(22)19-25/h12,14-16,20-23,25H,2-11,13,17-19H2,1H3/b16-15+. The van der Waals surface area contributed by atoms with Gasteiger partial charge in [0.25, 0.3) is 0 Å². The average Bonchev–Trinajstić information content (AvgIpc) is 2.77. The van der Waals surface area contributed by atoms with Gasteiger partial charge in [0.1, 0.15) is 5.82 Å². The van der Waals surface area contributed by atoms with Crippen molar-refractivity contribution in [1.29, 1.82) is 0 Å². The summed E-state index contributed by atoms with van der Waals surface area (Å²) in [4.78, 5) is 0. The fraction of sp³-hybridized carbons (Fsp3) is 0.714. The minimum atomic E-state index is 0.134. The summed E-state index contributed by atoms with van der Waals surface area (Å²) < 4.78 is 28.1. The molecule has 0 N–H and O–H groups in total. The summed E-state index contributed by atoms with van der Waals surface area (Å²) in [6.45, 7) is 2.26. The molecule has 1 aromatic carbocycles. The molecule has 0 spiro atoms. The summed E-state index contributed by atoms with van der Waals surface area (Å²) in [5.74, 6) is 3.11. The molecule has 0 aliphatic heterocycles. The number of hydrogen-bond donors (Lipinski definition) is 0. The second-order valence-electron chi connectivity index (χ2n) is 10.5. The van der Waals surface area contributed by atoms with Crippen LogP contribution in [0.15, 0.2) is 24.5 Å². The lowest BCUT2D eigenvalue weighted by molar-refractivity contribution is 0.132. The molecule has 4 rings (SSSR count). The molecule has 2 heteroatoms. The summed E-state index contributed by atoms with van der Waals surface area (Å²) in [5, 5.41) is 0. The molecule has 5 unspecified atom stereocenters. The molecule has 3 aliphatic rings. The van der Waals surface area contributed by atoms with Crippen LogP contribution in [0.25, 0.3) is 0 Å². The molecule has 3 aliphatic carbocycles. The number of benzene rings is 1. The molecule has 0 nitrogen and oxygen atoms in total. The SMILES string of the molecule is CCCCCCC1CCc2c(ccc(C3CCC4CC(/C=C/F)CCC4C3)c2F)C1. The van der Waals surface area contributed by atoms with E-state index in [9.17, 15) is 4.39 Å². The fourth-order valence-corrected chi connectivity index (χ4v) is 6.81. The van der Waals surface area contributed by atoms with Crippen LogP contribution in [-0.4, -0.2) is 0 Å². The van der Waals surface area contributed by atoms with Gasteiger partial charge in [-0.3, -0.25) is 0 Å². The van der Waals surface area contributed by atoms with Crippen molar-refractivity contribution in [3.63, 3.8) is 0 Å². The van der Waals surface area contributed by atoms with E-state index in [1.165, 1.54) is 56.9 Å². The Labute approximate surface area is 182 Å². The van der Waals surface area contributed by atoms with E-state index in [0.717, 1.165) is 61.9 Å². The molecule has 0 radical (unpaired) electrons. The maximum atomic E-state index is 15.6. The molecule has 5 atom stereocenters. The molecule has 0 bridgehead atoms. The summed E-state index contributed by atoms with van der Waals surface area (Å²) in [6.07, 6.45) is 19.1. The Kier molecular flexibility index (Phi) is 7.65. The highest BCUT2D eigenvalue weighted by molar-refractivity contribution is 5.38. The quantitative estimate of drug-likeness (QED) is 0.391. The average molecular weight is 415 g/mol. The number of allylic oxidation sites excluding steroid dienone is 1. The van der Waals surface area contributed by atoms with E-state index < -0.39 is 0 Å². The van der Waals surface area contributed by atoms with Crippen molar-refractivity contribution in [1.82, 2.24) is 0 Å². The number of halogens is 2. The van der Waals surface area contributed by atoms with Crippen molar-refractivity contribution in [3.8, 4) is 0 Å². The molecule has 0 aromatic heterocycles. The maximum Gasteiger partial charge on any atom is 0.130 e. The van der Waals surface area contributed by atoms with E-state index in [-0.39, 0.29) is 5.82 Å². The van der Waals surface area contributed by atoms with Gasteiger partial charge in [-0.1, -0.05) is 57.2 Å². The molecule has 2 saturated carbocycles. The highest BCUT2D eigenvalue weighted by Gasteiger charge is 2.36. The molecule has 0 saturated heterocycles. The minimum absolute atomic E-state index is 0.134. The van der Waals surface area contributed by atoms with Gasteiger partial charge < -0.3 is 0 Å². The topological polar surface area (TPSA) is 0 Å². The summed E-state index contributed by atoms with van der Waals surface area (Å²) in [6, 6.07) is 4.40. The number of rotatable bonds is 7. The largest absolute Gasteiger partial charge is 0.216 e. The highest BCUT2D eigenvalue weighted by Crippen LogP contribution is 2.48. The molecule has 0 heterocycles. The summed E-state index contributed by atoms with van der Waals surface area (Å²) in [5.41, 5.74) is 3.32. The van der Waals surface area contributed by atoms with E-state index in [1.807, 2.05) is 0 Å². The van der Waals surface area contributed by atoms with E-state index in [4.69, 9.17) is 0 Å². The lowest BCUT2D eigenvalue weighted by atomic mass is 9.63. The Morgan fingerprint density at radius 2 is 1.80 bits per heavy atom. The van der Waals surface area contributed by atoms with Gasteiger partial charge in [-0.2, -0.15) is 0 Å². The van der Waals surface area contributed by atoms with E-state index in [1.54, 1.807) is 6.08 Å². The van der Waals surface area contributed by atoms with Crippen molar-refractivity contribution in [2.45, 2.75) is 103 Å². The summed E-state index contributed by atoms with van der Waals surface area (Å²) >= 11 is 0. The van der Waals surface area contributed by atoms with Crippen LogP contribution in [0.2, 0.25) is 0 Å². The number of hydrogen-bond acceptors (Lipinski definition) is 0. The van der Waals surface area contributed by atoms with E-state index >= 15 is 4.39 Å². The highest BCUT2D eigenvalue weighted by atomic mass is 19.1. The first kappa shape index (κ1) is 22.0. The Morgan fingerprint density at radius 3 is 2.63 bits per heavy atom. The van der Waals surface area contributed by atoms with E-state index in [0.29, 0.717) is 23.7 Å². The molecule has 1 aromatic rings. The van der Waals surface area contributed by atoms with Crippen LogP contribution in [0.3, 0.4) is 0 Å². The first-order valence-corrected chi connectivity index (χ1v) is 12.8. The normalized spacial score (nSPS) is 31.5. The van der Waals surface area contributed by atoms with Gasteiger partial charge in [0, 0.05) is 0 Å². The third-order valence-electron chi connectivity index (χ3n) is 8.59. The van der Waals surface area contributed by atoms with Crippen molar-refractivity contribution < 1.29 is 8.78 Å². The van der Waals surface area contributed by atoms with Crippen molar-refractivity contribution >= 4 is 0 Å². The van der Waals surface area contributed by atoms with Gasteiger partial charge >= 0.3 is 0 Å². The van der Waals surface area contributed by atoms with Gasteiger partial charge in [-0.05, 0) is 104 Å². The Balaban J connectivity index is 1.37. The first-order valence-electron chi connectivity index (χ1n) is 12.8. The number of unbranched alkanes of at least 4 members (excludes halogenated alkanes) is 3. The molecule has 166 valence electrons. The monoisotopic (exact) mass is 414 g/mol. The van der Waals surface area contributed by atoms with Gasteiger partial charge in [0.15, 0.2) is 0 Å². The van der Waals surface area contributed by atoms with Crippen LogP contribution in [0.4, 0.5) is 8.78 Å². The molecule has 0 amide bonds. The molecule has 2 fully saturated rings. The van der Waals surface area contributed by atoms with Crippen LogP contribution < -0.4 is 0 Å². The second kappa shape index (κ2) is 10.4. The predicted molar refractivity (Wildman–Crippen MR) is 122 cm³/mol. The zero-order valence-electron chi connectivity index (χ0n) is 18.9. The van der Waals surface area contributed by atoms with Gasteiger partial charge in [0.05, 0.1) is 6.33 Å². The predicted octanol–water partition coefficient (Wildman–Crippen LogP) is 8.68. The van der Waals surface area contributed by atoms with E-state index in [2.05, 4.69) is 19.1 Å². The van der Waals surface area contributed by atoms with Crippen LogP contribution in [0, 0.1) is 29.5 Å². The van der Waals surface area contributed by atoms with Crippen LogP contribution in [0.5, 0.6) is 0 Å². The summed E-state index contributed by atoms with van der Waals surface area (Å²) in [7, 11) is 0. The zero-order valence-corrected chi connectivity index (χ0v) is 18.9. The zero-order chi connectivity index (χ0) is 20.9. The van der Waals surface area contributed by atoms with Crippen molar-refractivity contribution in [3.05, 3.63) is 47.0 Å². The second-order valence-corrected chi connectivity index (χ2v) is 10.5. The lowest BCUT2D eigenvalue weighted by Gasteiger charge is -2.42. The lowest BCUT2D eigenvalue weighted by Crippen LogP contribution is -2.30. The Bertz CT molecular complexity index is 722. The van der Waals surface area contributed by atoms with Crippen molar-refractivity contribution in [2.75, 3.05) is 0 Å². The van der Waals surface area contributed by atoms with Crippen LogP contribution in [0.1, 0.15) is 107 Å². The van der Waals surface area contributed by atoms with Gasteiger partial charge in [-0.25, -0.2) is 8.78 Å². The number of fused-ring (bicyclic) bond motifs is 2. The Morgan fingerprint density at radius 1 is 0.967 bits per heavy atom.